The first-order valence-electron chi connectivity index (χ1n) is 6.07. The Kier molecular flexibility index (Phi) is 3.68. The van der Waals surface area contributed by atoms with Gasteiger partial charge in [-0.1, -0.05) is 34.1 Å². The van der Waals surface area contributed by atoms with Gasteiger partial charge in [0.2, 0.25) is 6.29 Å². The summed E-state index contributed by atoms with van der Waals surface area (Å²) < 4.78 is 11.3. The van der Waals surface area contributed by atoms with Crippen molar-refractivity contribution < 1.29 is 14.3 Å². The fourth-order valence-corrected chi connectivity index (χ4v) is 1.96. The molecule has 0 aliphatic carbocycles. The first-order valence-corrected chi connectivity index (χ1v) is 6.07. The summed E-state index contributed by atoms with van der Waals surface area (Å²) in [6.45, 7) is 12.1. The molecule has 3 heteroatoms. The maximum absolute atomic E-state index is 12.0. The topological polar surface area (TPSA) is 35.5 Å². The minimum Gasteiger partial charge on any atom is -0.435 e. The normalized spacial score (nSPS) is 30.0. The lowest BCUT2D eigenvalue weighted by molar-refractivity contribution is -0.281. The summed E-state index contributed by atoms with van der Waals surface area (Å²) in [5.74, 6) is -0.255. The minimum atomic E-state index is -0.442. The van der Waals surface area contributed by atoms with E-state index in [-0.39, 0.29) is 17.3 Å². The highest BCUT2D eigenvalue weighted by Gasteiger charge is 2.47. The largest absolute Gasteiger partial charge is 0.435 e. The number of cyclic esters (lactones) is 1. The Bertz CT molecular complexity index is 263. The van der Waals surface area contributed by atoms with E-state index >= 15 is 0 Å². The Balaban J connectivity index is 2.84. The average molecular weight is 228 g/mol. The van der Waals surface area contributed by atoms with Gasteiger partial charge in [0.15, 0.2) is 0 Å². The minimum absolute atomic E-state index is 0.113. The molecule has 0 N–H and O–H groups in total. The van der Waals surface area contributed by atoms with Crippen LogP contribution in [-0.4, -0.2) is 17.9 Å². The van der Waals surface area contributed by atoms with Crippen LogP contribution in [0.1, 0.15) is 54.4 Å². The molecule has 2 atom stereocenters. The summed E-state index contributed by atoms with van der Waals surface area (Å²) in [5, 5.41) is 0. The molecule has 1 rings (SSSR count). The molecule has 0 aromatic rings. The molecule has 3 nitrogen and oxygen atoms in total. The lowest BCUT2D eigenvalue weighted by Crippen LogP contribution is -2.53. The monoisotopic (exact) mass is 228 g/mol. The molecule has 0 aromatic heterocycles. The van der Waals surface area contributed by atoms with Gasteiger partial charge in [-0.15, -0.1) is 0 Å². The van der Waals surface area contributed by atoms with Crippen LogP contribution in [0, 0.1) is 11.3 Å². The molecule has 1 aliphatic rings. The predicted octanol–water partition coefficient (Wildman–Crippen LogP) is 3.13. The number of carbonyl (C=O) groups excluding carboxylic acids is 1. The van der Waals surface area contributed by atoms with Crippen LogP contribution in [0.2, 0.25) is 0 Å². The molecule has 0 radical (unpaired) electrons. The Morgan fingerprint density at radius 2 is 1.88 bits per heavy atom. The molecule has 1 aliphatic heterocycles. The maximum Gasteiger partial charge on any atom is 0.314 e. The molecule has 94 valence electrons. The number of ether oxygens (including phenoxy) is 2. The Morgan fingerprint density at radius 3 is 2.25 bits per heavy atom. The zero-order valence-electron chi connectivity index (χ0n) is 11.3. The first-order chi connectivity index (χ1) is 7.18. The third kappa shape index (κ3) is 2.76. The lowest BCUT2D eigenvalue weighted by Gasteiger charge is -2.45. The summed E-state index contributed by atoms with van der Waals surface area (Å²) in [6.07, 6.45) is 1.35. The van der Waals surface area contributed by atoms with Gasteiger partial charge in [-0.25, -0.2) is 0 Å². The van der Waals surface area contributed by atoms with E-state index in [2.05, 4.69) is 6.92 Å². The van der Waals surface area contributed by atoms with Gasteiger partial charge < -0.3 is 9.47 Å². The quantitative estimate of drug-likeness (QED) is 0.681. The van der Waals surface area contributed by atoms with Gasteiger partial charge in [-0.2, -0.15) is 0 Å². The van der Waals surface area contributed by atoms with Crippen molar-refractivity contribution >= 4 is 5.97 Å². The molecular weight excluding hydrogens is 204 g/mol. The van der Waals surface area contributed by atoms with Crippen LogP contribution in [0.5, 0.6) is 0 Å². The smallest absolute Gasteiger partial charge is 0.314 e. The number of rotatable bonds is 2. The Labute approximate surface area is 98.5 Å². The molecule has 0 spiro atoms. The SMILES string of the molecule is CCC[C@H]1C(=O)O[C@@H](C(C)(C)C)OC1(C)C. The third-order valence-corrected chi connectivity index (χ3v) is 3.04. The fourth-order valence-electron chi connectivity index (χ4n) is 1.96. The van der Waals surface area contributed by atoms with Gasteiger partial charge >= 0.3 is 5.97 Å². The second-order valence-corrected chi connectivity index (χ2v) is 6.20. The van der Waals surface area contributed by atoms with E-state index in [9.17, 15) is 4.79 Å². The highest BCUT2D eigenvalue weighted by Crippen LogP contribution is 2.38. The summed E-state index contributed by atoms with van der Waals surface area (Å²) in [7, 11) is 0. The lowest BCUT2D eigenvalue weighted by atomic mass is 9.84. The number of carbonyl (C=O) groups is 1. The van der Waals surface area contributed by atoms with Crippen LogP contribution in [0.3, 0.4) is 0 Å². The van der Waals surface area contributed by atoms with E-state index < -0.39 is 11.9 Å². The van der Waals surface area contributed by atoms with Gasteiger partial charge in [-0.3, -0.25) is 4.79 Å². The van der Waals surface area contributed by atoms with E-state index in [1.165, 1.54) is 0 Å². The van der Waals surface area contributed by atoms with E-state index in [1.807, 2.05) is 34.6 Å². The number of esters is 1. The number of hydrogen-bond donors (Lipinski definition) is 0. The van der Waals surface area contributed by atoms with Crippen molar-refractivity contribution in [2.45, 2.75) is 66.3 Å². The van der Waals surface area contributed by atoms with Gasteiger partial charge in [0.25, 0.3) is 0 Å². The second kappa shape index (κ2) is 4.36. The average Bonchev–Trinajstić information content (AvgIpc) is 2.09. The summed E-state index contributed by atoms with van der Waals surface area (Å²) in [5.41, 5.74) is -0.604. The molecule has 1 fully saturated rings. The molecule has 0 unspecified atom stereocenters. The zero-order valence-corrected chi connectivity index (χ0v) is 11.3. The predicted molar refractivity (Wildman–Crippen MR) is 62.9 cm³/mol. The molecule has 16 heavy (non-hydrogen) atoms. The van der Waals surface area contributed by atoms with Gasteiger partial charge in [0.05, 0.1) is 11.5 Å². The van der Waals surface area contributed by atoms with Crippen LogP contribution in [0.15, 0.2) is 0 Å². The highest BCUT2D eigenvalue weighted by molar-refractivity contribution is 5.74. The maximum atomic E-state index is 12.0. The van der Waals surface area contributed by atoms with Crippen LogP contribution < -0.4 is 0 Å². The molecule has 0 bridgehead atoms. The standard InChI is InChI=1S/C13H24O3/c1-7-8-9-10(14)15-11(12(2,3)4)16-13(9,5)6/h9,11H,7-8H2,1-6H3/t9-,11+/m0/s1. The van der Waals surface area contributed by atoms with Gasteiger partial charge in [0.1, 0.15) is 0 Å². The van der Waals surface area contributed by atoms with Crippen molar-refractivity contribution in [1.82, 2.24) is 0 Å². The summed E-state index contributed by atoms with van der Waals surface area (Å²) in [6, 6.07) is 0. The molecular formula is C13H24O3. The van der Waals surface area contributed by atoms with E-state index in [0.717, 1.165) is 12.8 Å². The third-order valence-electron chi connectivity index (χ3n) is 3.04. The van der Waals surface area contributed by atoms with Crippen molar-refractivity contribution in [3.63, 3.8) is 0 Å². The van der Waals surface area contributed by atoms with Crippen LogP contribution >= 0.6 is 0 Å². The molecule has 0 aromatic carbocycles. The molecule has 0 amide bonds. The summed E-state index contributed by atoms with van der Waals surface area (Å²) in [4.78, 5) is 12.0. The van der Waals surface area contributed by atoms with Gasteiger partial charge in [-0.05, 0) is 20.3 Å². The second-order valence-electron chi connectivity index (χ2n) is 6.20. The van der Waals surface area contributed by atoms with Crippen molar-refractivity contribution in [3.05, 3.63) is 0 Å². The zero-order chi connectivity index (χ0) is 12.6. The van der Waals surface area contributed by atoms with Crippen LogP contribution in [0.25, 0.3) is 0 Å². The van der Waals surface area contributed by atoms with Crippen molar-refractivity contribution in [1.29, 1.82) is 0 Å². The molecule has 1 heterocycles. The van der Waals surface area contributed by atoms with Gasteiger partial charge in [0, 0.05) is 5.41 Å². The van der Waals surface area contributed by atoms with Crippen LogP contribution in [-0.2, 0) is 14.3 Å². The summed E-state index contributed by atoms with van der Waals surface area (Å²) >= 11 is 0. The van der Waals surface area contributed by atoms with Crippen LogP contribution in [0.4, 0.5) is 0 Å². The molecule has 0 saturated carbocycles. The molecule has 1 saturated heterocycles. The van der Waals surface area contributed by atoms with Crippen molar-refractivity contribution in [2.24, 2.45) is 11.3 Å². The van der Waals surface area contributed by atoms with Crippen molar-refractivity contribution in [2.75, 3.05) is 0 Å². The van der Waals surface area contributed by atoms with E-state index in [4.69, 9.17) is 9.47 Å². The van der Waals surface area contributed by atoms with E-state index in [1.54, 1.807) is 0 Å². The fraction of sp³-hybridized carbons (Fsp3) is 0.923. The first kappa shape index (κ1) is 13.5. The Hall–Kier alpha value is -0.570. The Morgan fingerprint density at radius 1 is 1.31 bits per heavy atom. The highest BCUT2D eigenvalue weighted by atomic mass is 16.7. The van der Waals surface area contributed by atoms with E-state index in [0.29, 0.717) is 0 Å². The van der Waals surface area contributed by atoms with Crippen molar-refractivity contribution in [3.8, 4) is 0 Å². The number of hydrogen-bond acceptors (Lipinski definition) is 3.